The van der Waals surface area contributed by atoms with Crippen LogP contribution in [0.2, 0.25) is 0 Å². The summed E-state index contributed by atoms with van der Waals surface area (Å²) in [7, 11) is -4.02. The smallest absolute Gasteiger partial charge is 0.481 e. The van der Waals surface area contributed by atoms with E-state index < -0.39 is 40.1 Å². The first-order chi connectivity index (χ1) is 15.9. The summed E-state index contributed by atoms with van der Waals surface area (Å²) in [6.07, 6.45) is -3.46. The van der Waals surface area contributed by atoms with E-state index in [1.807, 2.05) is 0 Å². The molecule has 8 nitrogen and oxygen atoms in total. The van der Waals surface area contributed by atoms with Gasteiger partial charge in [-0.25, -0.2) is 13.4 Å². The Morgan fingerprint density at radius 1 is 1.24 bits per heavy atom. The second-order valence-electron chi connectivity index (χ2n) is 8.33. The topological polar surface area (TPSA) is 100 Å². The molecule has 2 atom stereocenters. The number of sulfonamides is 1. The fraction of sp³-hybridized carbons (Fsp3) is 0.364. The van der Waals surface area contributed by atoms with Gasteiger partial charge in [0.05, 0.1) is 29.6 Å². The standard InChI is InChI=1S/C22H22F3N3O5S/c1-13-11-27(20-7-6-17(10-26-20)33-22(23,24)25)12-14(2)28(13)34(31,32)19-5-3-4-15-8-16(21(29)30)9-18(15)19/h3-7,10,14,16H,1,8-9,11-12H2,2H3,(H,29,30)/t14-,16?/m0/s1. The maximum absolute atomic E-state index is 13.6. The van der Waals surface area contributed by atoms with Crippen LogP contribution in [0.25, 0.3) is 0 Å². The zero-order chi connectivity index (χ0) is 24.8. The predicted molar refractivity (Wildman–Crippen MR) is 116 cm³/mol. The number of pyridine rings is 1. The highest BCUT2D eigenvalue weighted by atomic mass is 32.2. The van der Waals surface area contributed by atoms with E-state index in [2.05, 4.69) is 16.3 Å². The predicted octanol–water partition coefficient (Wildman–Crippen LogP) is 3.19. The number of ether oxygens (including phenoxy) is 1. The average Bonchev–Trinajstić information content (AvgIpc) is 3.17. The molecule has 34 heavy (non-hydrogen) atoms. The highest BCUT2D eigenvalue weighted by molar-refractivity contribution is 7.89. The molecule has 2 aliphatic rings. The van der Waals surface area contributed by atoms with Crippen molar-refractivity contribution >= 4 is 21.8 Å². The molecule has 0 bridgehead atoms. The molecule has 1 unspecified atom stereocenters. The second kappa shape index (κ2) is 8.49. The van der Waals surface area contributed by atoms with Crippen molar-refractivity contribution in [2.45, 2.75) is 37.1 Å². The molecular weight excluding hydrogens is 475 g/mol. The molecular formula is C22H22F3N3O5S. The number of hydrogen-bond acceptors (Lipinski definition) is 6. The molecule has 2 heterocycles. The van der Waals surface area contributed by atoms with Crippen molar-refractivity contribution < 1.29 is 36.2 Å². The van der Waals surface area contributed by atoms with Crippen LogP contribution < -0.4 is 9.64 Å². The van der Waals surface area contributed by atoms with Crippen molar-refractivity contribution in [2.75, 3.05) is 18.0 Å². The Kier molecular flexibility index (Phi) is 5.96. The van der Waals surface area contributed by atoms with Crippen LogP contribution >= 0.6 is 0 Å². The van der Waals surface area contributed by atoms with Gasteiger partial charge in [-0.2, -0.15) is 0 Å². The molecule has 1 aliphatic heterocycles. The van der Waals surface area contributed by atoms with Crippen LogP contribution in [0.4, 0.5) is 19.0 Å². The number of carboxylic acid groups (broad SMARTS) is 1. The van der Waals surface area contributed by atoms with Gasteiger partial charge in [0, 0.05) is 12.2 Å². The lowest BCUT2D eigenvalue weighted by Crippen LogP contribution is -2.52. The van der Waals surface area contributed by atoms with Gasteiger partial charge in [0.25, 0.3) is 10.0 Å². The number of benzene rings is 1. The number of carboxylic acids is 1. The number of anilines is 1. The van der Waals surface area contributed by atoms with Gasteiger partial charge in [0.2, 0.25) is 0 Å². The van der Waals surface area contributed by atoms with Gasteiger partial charge < -0.3 is 14.7 Å². The Balaban J connectivity index is 1.56. The van der Waals surface area contributed by atoms with Crippen molar-refractivity contribution in [1.29, 1.82) is 0 Å². The van der Waals surface area contributed by atoms with Crippen LogP contribution in [0.15, 0.2) is 53.7 Å². The van der Waals surface area contributed by atoms with E-state index in [1.54, 1.807) is 24.0 Å². The maximum Gasteiger partial charge on any atom is 0.573 e. The summed E-state index contributed by atoms with van der Waals surface area (Å²) in [5, 5.41) is 9.37. The van der Waals surface area contributed by atoms with E-state index in [-0.39, 0.29) is 36.5 Å². The molecule has 1 aromatic carbocycles. The van der Waals surface area contributed by atoms with Gasteiger partial charge in [-0.05, 0) is 49.1 Å². The minimum atomic E-state index is -4.83. The van der Waals surface area contributed by atoms with Crippen molar-refractivity contribution in [3.63, 3.8) is 0 Å². The minimum absolute atomic E-state index is 0.0713. The van der Waals surface area contributed by atoms with Crippen LogP contribution in [0.1, 0.15) is 18.1 Å². The van der Waals surface area contributed by atoms with Gasteiger partial charge >= 0.3 is 12.3 Å². The summed E-state index contributed by atoms with van der Waals surface area (Å²) in [6, 6.07) is 6.76. The SMILES string of the molecule is C=C1CN(c2ccc(OC(F)(F)F)cn2)C[C@H](C)N1S(=O)(=O)c1cccc2c1CC(C(=O)O)C2. The van der Waals surface area contributed by atoms with Gasteiger partial charge in [0.1, 0.15) is 11.6 Å². The van der Waals surface area contributed by atoms with Crippen molar-refractivity contribution in [3.8, 4) is 5.75 Å². The number of carbonyl (C=O) groups is 1. The number of fused-ring (bicyclic) bond motifs is 1. The number of hydrogen-bond donors (Lipinski definition) is 1. The molecule has 0 saturated carbocycles. The number of nitrogens with zero attached hydrogens (tertiary/aromatic N) is 3. The van der Waals surface area contributed by atoms with Crippen LogP contribution in [-0.2, 0) is 27.7 Å². The van der Waals surface area contributed by atoms with Crippen LogP contribution in [0.3, 0.4) is 0 Å². The van der Waals surface area contributed by atoms with E-state index in [4.69, 9.17) is 0 Å². The zero-order valence-electron chi connectivity index (χ0n) is 18.1. The molecule has 1 N–H and O–H groups in total. The fourth-order valence-corrected chi connectivity index (χ4v) is 6.46. The molecule has 4 rings (SSSR count). The number of aliphatic carboxylic acids is 1. The van der Waals surface area contributed by atoms with Gasteiger partial charge in [-0.3, -0.25) is 9.10 Å². The third-order valence-corrected chi connectivity index (χ3v) is 7.96. The summed E-state index contributed by atoms with van der Waals surface area (Å²) >= 11 is 0. The molecule has 1 aromatic heterocycles. The number of rotatable bonds is 5. The molecule has 0 amide bonds. The summed E-state index contributed by atoms with van der Waals surface area (Å²) in [4.78, 5) is 17.2. The molecule has 1 fully saturated rings. The van der Waals surface area contributed by atoms with Gasteiger partial charge in [-0.15, -0.1) is 13.2 Å². The van der Waals surface area contributed by atoms with Crippen molar-refractivity contribution in [3.05, 3.63) is 59.9 Å². The highest BCUT2D eigenvalue weighted by Gasteiger charge is 2.39. The van der Waals surface area contributed by atoms with Gasteiger partial charge in [0.15, 0.2) is 0 Å². The summed E-state index contributed by atoms with van der Waals surface area (Å²) in [5.74, 6) is -1.74. The lowest BCUT2D eigenvalue weighted by Gasteiger charge is -2.42. The summed E-state index contributed by atoms with van der Waals surface area (Å²) < 4.78 is 69.4. The first kappa shape index (κ1) is 23.9. The Hall–Kier alpha value is -3.28. The number of piperazine rings is 1. The molecule has 2 aromatic rings. The lowest BCUT2D eigenvalue weighted by molar-refractivity contribution is -0.274. The lowest BCUT2D eigenvalue weighted by atomic mass is 10.1. The third-order valence-electron chi connectivity index (χ3n) is 5.88. The molecule has 182 valence electrons. The number of aromatic nitrogens is 1. The quantitative estimate of drug-likeness (QED) is 0.677. The summed E-state index contributed by atoms with van der Waals surface area (Å²) in [6.45, 7) is 5.93. The van der Waals surface area contributed by atoms with E-state index >= 15 is 0 Å². The number of halogens is 3. The monoisotopic (exact) mass is 497 g/mol. The first-order valence-corrected chi connectivity index (χ1v) is 11.8. The average molecular weight is 497 g/mol. The largest absolute Gasteiger partial charge is 0.573 e. The minimum Gasteiger partial charge on any atom is -0.481 e. The molecule has 1 saturated heterocycles. The van der Waals surface area contributed by atoms with Crippen LogP contribution in [0.5, 0.6) is 5.75 Å². The van der Waals surface area contributed by atoms with Crippen LogP contribution in [-0.4, -0.2) is 54.3 Å². The Bertz CT molecular complexity index is 1230. The highest BCUT2D eigenvalue weighted by Crippen LogP contribution is 2.36. The fourth-order valence-electron chi connectivity index (χ4n) is 4.53. The summed E-state index contributed by atoms with van der Waals surface area (Å²) in [5.41, 5.74) is 1.48. The van der Waals surface area contributed by atoms with E-state index in [0.717, 1.165) is 12.3 Å². The second-order valence-corrected chi connectivity index (χ2v) is 10.1. The van der Waals surface area contributed by atoms with Crippen molar-refractivity contribution in [2.24, 2.45) is 5.92 Å². The van der Waals surface area contributed by atoms with E-state index in [9.17, 15) is 31.5 Å². The van der Waals surface area contributed by atoms with Gasteiger partial charge in [-0.1, -0.05) is 18.7 Å². The van der Waals surface area contributed by atoms with Crippen molar-refractivity contribution in [1.82, 2.24) is 9.29 Å². The molecule has 12 heteroatoms. The zero-order valence-corrected chi connectivity index (χ0v) is 18.9. The Morgan fingerprint density at radius 2 is 1.97 bits per heavy atom. The first-order valence-electron chi connectivity index (χ1n) is 10.4. The Morgan fingerprint density at radius 3 is 2.56 bits per heavy atom. The third kappa shape index (κ3) is 4.54. The number of alkyl halides is 3. The Labute approximate surface area is 194 Å². The molecule has 0 radical (unpaired) electrons. The normalized spacial score (nSPS) is 20.9. The van der Waals surface area contributed by atoms with E-state index in [0.29, 0.717) is 16.9 Å². The van der Waals surface area contributed by atoms with E-state index in [1.165, 1.54) is 16.4 Å². The molecule has 0 spiro atoms. The van der Waals surface area contributed by atoms with Crippen LogP contribution in [0, 0.1) is 5.92 Å². The molecule has 1 aliphatic carbocycles. The maximum atomic E-state index is 13.6.